The van der Waals surface area contributed by atoms with E-state index in [0.29, 0.717) is 0 Å². The minimum atomic E-state index is 0.256. The molecule has 2 rings (SSSR count). The smallest absolute Gasteiger partial charge is 0.0406 e. The van der Waals surface area contributed by atoms with E-state index in [1.165, 1.54) is 24.1 Å². The second kappa shape index (κ2) is 3.99. The van der Waals surface area contributed by atoms with Gasteiger partial charge in [-0.15, -0.1) is 22.9 Å². The van der Waals surface area contributed by atoms with E-state index in [-0.39, 0.29) is 5.54 Å². The quantitative estimate of drug-likeness (QED) is 0.762. The fourth-order valence-electron chi connectivity index (χ4n) is 1.65. The molecular weight excluding hydrogens is 202 g/mol. The lowest BCUT2D eigenvalue weighted by atomic mass is 9.78. The van der Waals surface area contributed by atoms with Crippen LogP contribution in [0, 0.1) is 0 Å². The molecule has 1 heterocycles. The van der Waals surface area contributed by atoms with E-state index >= 15 is 0 Å². The summed E-state index contributed by atoms with van der Waals surface area (Å²) in [5.41, 5.74) is 0.256. The molecule has 1 aliphatic carbocycles. The number of nitrogens with one attached hydrogen (secondary N) is 1. The molecular formula is C10H14ClNS. The van der Waals surface area contributed by atoms with Crippen molar-refractivity contribution in [2.45, 2.75) is 31.3 Å². The van der Waals surface area contributed by atoms with E-state index in [2.05, 4.69) is 22.8 Å². The van der Waals surface area contributed by atoms with Gasteiger partial charge in [-0.2, -0.15) is 0 Å². The lowest BCUT2D eigenvalue weighted by Gasteiger charge is -2.41. The molecule has 1 saturated carbocycles. The Bertz CT molecular complexity index is 248. The van der Waals surface area contributed by atoms with Gasteiger partial charge in [-0.05, 0) is 30.7 Å². The molecule has 13 heavy (non-hydrogen) atoms. The highest BCUT2D eigenvalue weighted by Crippen LogP contribution is 2.33. The van der Waals surface area contributed by atoms with Gasteiger partial charge in [0.2, 0.25) is 0 Å². The molecule has 1 aliphatic rings. The average molecular weight is 216 g/mol. The molecule has 3 heteroatoms. The summed E-state index contributed by atoms with van der Waals surface area (Å²) in [7, 11) is 0. The molecule has 0 atom stereocenters. The van der Waals surface area contributed by atoms with E-state index in [9.17, 15) is 0 Å². The largest absolute Gasteiger partial charge is 0.305 e. The van der Waals surface area contributed by atoms with Crippen LogP contribution in [-0.2, 0) is 6.54 Å². The van der Waals surface area contributed by atoms with Gasteiger partial charge in [-0.25, -0.2) is 0 Å². The first-order valence-electron chi connectivity index (χ1n) is 4.68. The van der Waals surface area contributed by atoms with Crippen LogP contribution in [0.1, 0.15) is 24.1 Å². The first-order valence-corrected chi connectivity index (χ1v) is 6.09. The maximum atomic E-state index is 5.94. The molecule has 0 bridgehead atoms. The van der Waals surface area contributed by atoms with Crippen LogP contribution in [0.15, 0.2) is 17.5 Å². The Kier molecular flexibility index (Phi) is 2.92. The second-order valence-corrected chi connectivity index (χ2v) is 5.00. The standard InChI is InChI=1S/C10H14ClNS/c11-8-10(4-2-5-10)12-7-9-3-1-6-13-9/h1,3,6,12H,2,4-5,7-8H2. The van der Waals surface area contributed by atoms with Gasteiger partial charge in [0.05, 0.1) is 0 Å². The molecule has 72 valence electrons. The van der Waals surface area contributed by atoms with Crippen LogP contribution in [0.4, 0.5) is 0 Å². The van der Waals surface area contributed by atoms with Crippen LogP contribution in [0.2, 0.25) is 0 Å². The summed E-state index contributed by atoms with van der Waals surface area (Å²) in [5, 5.41) is 5.68. The highest BCUT2D eigenvalue weighted by atomic mass is 35.5. The summed E-state index contributed by atoms with van der Waals surface area (Å²) in [4.78, 5) is 1.40. The van der Waals surface area contributed by atoms with Crippen molar-refractivity contribution < 1.29 is 0 Å². The third kappa shape index (κ3) is 2.06. The molecule has 1 fully saturated rings. The maximum Gasteiger partial charge on any atom is 0.0406 e. The number of alkyl halides is 1. The van der Waals surface area contributed by atoms with Crippen LogP contribution in [0.3, 0.4) is 0 Å². The molecule has 1 nitrogen and oxygen atoms in total. The van der Waals surface area contributed by atoms with Gasteiger partial charge in [-0.1, -0.05) is 6.07 Å². The van der Waals surface area contributed by atoms with Crippen LogP contribution < -0.4 is 5.32 Å². The summed E-state index contributed by atoms with van der Waals surface area (Å²) >= 11 is 7.74. The van der Waals surface area contributed by atoms with E-state index < -0.39 is 0 Å². The average Bonchev–Trinajstić information content (AvgIpc) is 2.56. The third-order valence-corrected chi connectivity index (χ3v) is 4.17. The van der Waals surface area contributed by atoms with Gasteiger partial charge in [0, 0.05) is 22.8 Å². The van der Waals surface area contributed by atoms with Crippen molar-refractivity contribution in [2.75, 3.05) is 5.88 Å². The van der Waals surface area contributed by atoms with E-state index in [1.54, 1.807) is 11.3 Å². The van der Waals surface area contributed by atoms with Crippen LogP contribution in [0.25, 0.3) is 0 Å². The van der Waals surface area contributed by atoms with Crippen LogP contribution >= 0.6 is 22.9 Å². The van der Waals surface area contributed by atoms with Crippen LogP contribution in [0.5, 0.6) is 0 Å². The molecule has 1 aromatic rings. The maximum absolute atomic E-state index is 5.94. The normalized spacial score (nSPS) is 19.8. The lowest BCUT2D eigenvalue weighted by Crippen LogP contribution is -2.52. The number of hydrogen-bond donors (Lipinski definition) is 1. The SMILES string of the molecule is ClCC1(NCc2cccs2)CCC1. The van der Waals surface area contributed by atoms with Crippen LogP contribution in [-0.4, -0.2) is 11.4 Å². The highest BCUT2D eigenvalue weighted by molar-refractivity contribution is 7.09. The first-order chi connectivity index (χ1) is 6.35. The Morgan fingerprint density at radius 2 is 2.38 bits per heavy atom. The fourth-order valence-corrected chi connectivity index (χ4v) is 2.66. The van der Waals surface area contributed by atoms with E-state index in [4.69, 9.17) is 11.6 Å². The Morgan fingerprint density at radius 3 is 2.85 bits per heavy atom. The zero-order chi connectivity index (χ0) is 9.15. The molecule has 0 radical (unpaired) electrons. The molecule has 0 aromatic carbocycles. The second-order valence-electron chi connectivity index (χ2n) is 3.70. The van der Waals surface area contributed by atoms with Gasteiger partial charge in [0.25, 0.3) is 0 Å². The van der Waals surface area contributed by atoms with E-state index in [0.717, 1.165) is 12.4 Å². The zero-order valence-electron chi connectivity index (χ0n) is 7.55. The number of thiophene rings is 1. The van der Waals surface area contributed by atoms with Gasteiger partial charge in [0.1, 0.15) is 0 Å². The molecule has 1 aromatic heterocycles. The highest BCUT2D eigenvalue weighted by Gasteiger charge is 2.35. The van der Waals surface area contributed by atoms with Gasteiger partial charge < -0.3 is 5.32 Å². The predicted molar refractivity (Wildman–Crippen MR) is 58.5 cm³/mol. The first kappa shape index (κ1) is 9.50. The zero-order valence-corrected chi connectivity index (χ0v) is 9.13. The molecule has 0 unspecified atom stereocenters. The lowest BCUT2D eigenvalue weighted by molar-refractivity contribution is 0.211. The monoisotopic (exact) mass is 215 g/mol. The topological polar surface area (TPSA) is 12.0 Å². The van der Waals surface area contributed by atoms with Crippen molar-refractivity contribution in [1.29, 1.82) is 0 Å². The Balaban J connectivity index is 1.84. The fraction of sp³-hybridized carbons (Fsp3) is 0.600. The van der Waals surface area contributed by atoms with Crippen molar-refractivity contribution in [3.05, 3.63) is 22.4 Å². The number of halogens is 1. The molecule has 1 N–H and O–H groups in total. The van der Waals surface area contributed by atoms with Crippen molar-refractivity contribution in [1.82, 2.24) is 5.32 Å². The Labute approximate surface area is 88.1 Å². The Hall–Kier alpha value is -0.0500. The summed E-state index contributed by atoms with van der Waals surface area (Å²) < 4.78 is 0. The minimum absolute atomic E-state index is 0.256. The molecule has 0 amide bonds. The molecule has 0 aliphatic heterocycles. The number of rotatable bonds is 4. The van der Waals surface area contributed by atoms with E-state index in [1.807, 2.05) is 0 Å². The predicted octanol–water partition coefficient (Wildman–Crippen LogP) is 3.00. The summed E-state index contributed by atoms with van der Waals surface area (Å²) in [5.74, 6) is 0.748. The van der Waals surface area contributed by atoms with Gasteiger partial charge in [0.15, 0.2) is 0 Å². The summed E-state index contributed by atoms with van der Waals surface area (Å²) in [6.07, 6.45) is 3.80. The van der Waals surface area contributed by atoms with Gasteiger partial charge >= 0.3 is 0 Å². The summed E-state index contributed by atoms with van der Waals surface area (Å²) in [6.45, 7) is 0.977. The summed E-state index contributed by atoms with van der Waals surface area (Å²) in [6, 6.07) is 4.26. The van der Waals surface area contributed by atoms with Crippen molar-refractivity contribution in [3.63, 3.8) is 0 Å². The minimum Gasteiger partial charge on any atom is -0.305 e. The van der Waals surface area contributed by atoms with Gasteiger partial charge in [-0.3, -0.25) is 0 Å². The number of hydrogen-bond acceptors (Lipinski definition) is 2. The third-order valence-electron chi connectivity index (χ3n) is 2.78. The Morgan fingerprint density at radius 1 is 1.54 bits per heavy atom. The van der Waals surface area contributed by atoms with Crippen molar-refractivity contribution in [3.8, 4) is 0 Å². The van der Waals surface area contributed by atoms with Crippen molar-refractivity contribution in [2.24, 2.45) is 0 Å². The van der Waals surface area contributed by atoms with Crippen molar-refractivity contribution >= 4 is 22.9 Å². The molecule has 0 saturated heterocycles. The molecule has 0 spiro atoms.